The van der Waals surface area contributed by atoms with E-state index in [2.05, 4.69) is 0 Å². The fourth-order valence-electron chi connectivity index (χ4n) is 3.96. The first kappa shape index (κ1) is 11.0. The van der Waals surface area contributed by atoms with E-state index >= 15 is 0 Å². The van der Waals surface area contributed by atoms with Crippen LogP contribution in [0.5, 0.6) is 0 Å². The number of carbonyl (C=O) groups excluding carboxylic acids is 2. The van der Waals surface area contributed by atoms with Crippen LogP contribution >= 0.6 is 0 Å². The van der Waals surface area contributed by atoms with Crippen molar-refractivity contribution in [1.82, 2.24) is 4.90 Å². The van der Waals surface area contributed by atoms with Crippen molar-refractivity contribution in [3.63, 3.8) is 0 Å². The van der Waals surface area contributed by atoms with Crippen LogP contribution in [0, 0.1) is 11.8 Å². The standard InChI is InChI=1S/C14H19NO2/c16-13-8-9-14(17)15(13)12-7-3-5-10-4-1-2-6-11(10)12/h8-12H,1-7H2. The Kier molecular flexibility index (Phi) is 2.77. The van der Waals surface area contributed by atoms with Gasteiger partial charge in [-0.15, -0.1) is 0 Å². The summed E-state index contributed by atoms with van der Waals surface area (Å²) in [6, 6.07) is 0.184. The summed E-state index contributed by atoms with van der Waals surface area (Å²) in [7, 11) is 0. The van der Waals surface area contributed by atoms with Crippen molar-refractivity contribution in [3.8, 4) is 0 Å². The van der Waals surface area contributed by atoms with Gasteiger partial charge in [0.2, 0.25) is 0 Å². The summed E-state index contributed by atoms with van der Waals surface area (Å²) in [4.78, 5) is 25.1. The van der Waals surface area contributed by atoms with Crippen molar-refractivity contribution < 1.29 is 9.59 Å². The van der Waals surface area contributed by atoms with Crippen LogP contribution in [0.3, 0.4) is 0 Å². The second-order valence-electron chi connectivity index (χ2n) is 5.59. The van der Waals surface area contributed by atoms with Gasteiger partial charge >= 0.3 is 0 Å². The van der Waals surface area contributed by atoms with E-state index in [4.69, 9.17) is 0 Å². The van der Waals surface area contributed by atoms with E-state index in [0.717, 1.165) is 12.3 Å². The van der Waals surface area contributed by atoms with Crippen molar-refractivity contribution in [2.45, 2.75) is 51.0 Å². The number of hydrogen-bond acceptors (Lipinski definition) is 2. The van der Waals surface area contributed by atoms with E-state index in [0.29, 0.717) is 5.92 Å². The van der Waals surface area contributed by atoms with Gasteiger partial charge in [-0.25, -0.2) is 0 Å². The topological polar surface area (TPSA) is 37.4 Å². The maximum Gasteiger partial charge on any atom is 0.253 e. The first-order chi connectivity index (χ1) is 8.27. The van der Waals surface area contributed by atoms with E-state index in [1.54, 1.807) is 0 Å². The Morgan fingerprint density at radius 2 is 1.53 bits per heavy atom. The molecule has 3 heteroatoms. The molecule has 0 spiro atoms. The molecule has 1 heterocycles. The Morgan fingerprint density at radius 3 is 2.29 bits per heavy atom. The number of carbonyl (C=O) groups is 2. The molecule has 0 radical (unpaired) electrons. The number of imide groups is 1. The van der Waals surface area contributed by atoms with Crippen LogP contribution in [0.1, 0.15) is 44.9 Å². The van der Waals surface area contributed by atoms with Crippen LogP contribution in [0.2, 0.25) is 0 Å². The molecule has 0 saturated heterocycles. The third-order valence-electron chi connectivity index (χ3n) is 4.71. The van der Waals surface area contributed by atoms with Crippen molar-refractivity contribution in [2.24, 2.45) is 11.8 Å². The van der Waals surface area contributed by atoms with Crippen molar-refractivity contribution in [2.75, 3.05) is 0 Å². The van der Waals surface area contributed by atoms with E-state index in [-0.39, 0.29) is 17.9 Å². The second kappa shape index (κ2) is 4.28. The molecule has 3 atom stereocenters. The van der Waals surface area contributed by atoms with Crippen molar-refractivity contribution >= 4 is 11.8 Å². The minimum Gasteiger partial charge on any atom is -0.272 e. The van der Waals surface area contributed by atoms with Crippen LogP contribution in [0.4, 0.5) is 0 Å². The Morgan fingerprint density at radius 1 is 0.882 bits per heavy atom. The molecule has 3 nitrogen and oxygen atoms in total. The maximum atomic E-state index is 11.8. The molecule has 0 aromatic rings. The second-order valence-corrected chi connectivity index (χ2v) is 5.59. The zero-order valence-corrected chi connectivity index (χ0v) is 10.1. The summed E-state index contributed by atoms with van der Waals surface area (Å²) in [5.74, 6) is 1.14. The van der Waals surface area contributed by atoms with Gasteiger partial charge in [-0.1, -0.05) is 32.1 Å². The Bertz CT molecular complexity index is 354. The van der Waals surface area contributed by atoms with E-state index in [1.807, 2.05) is 0 Å². The zero-order chi connectivity index (χ0) is 11.8. The smallest absolute Gasteiger partial charge is 0.253 e. The molecule has 2 aliphatic carbocycles. The first-order valence-corrected chi connectivity index (χ1v) is 6.82. The summed E-state index contributed by atoms with van der Waals surface area (Å²) >= 11 is 0. The lowest BCUT2D eigenvalue weighted by molar-refractivity contribution is -0.142. The summed E-state index contributed by atoms with van der Waals surface area (Å²) in [5, 5.41) is 0. The number of amides is 2. The molecule has 3 unspecified atom stereocenters. The fourth-order valence-corrected chi connectivity index (χ4v) is 3.96. The van der Waals surface area contributed by atoms with Gasteiger partial charge in [-0.3, -0.25) is 14.5 Å². The first-order valence-electron chi connectivity index (χ1n) is 6.82. The molecule has 3 aliphatic rings. The molecule has 0 bridgehead atoms. The van der Waals surface area contributed by atoms with Gasteiger partial charge < -0.3 is 0 Å². The molecule has 3 rings (SSSR count). The predicted octanol–water partition coefficient (Wildman–Crippen LogP) is 2.27. The molecule has 0 N–H and O–H groups in total. The van der Waals surface area contributed by atoms with Crippen molar-refractivity contribution in [3.05, 3.63) is 12.2 Å². The number of rotatable bonds is 1. The summed E-state index contributed by atoms with van der Waals surface area (Å²) in [6.45, 7) is 0. The highest BCUT2D eigenvalue weighted by Gasteiger charge is 2.42. The lowest BCUT2D eigenvalue weighted by atomic mass is 9.68. The lowest BCUT2D eigenvalue weighted by Crippen LogP contribution is -2.49. The zero-order valence-electron chi connectivity index (χ0n) is 10.1. The Labute approximate surface area is 102 Å². The summed E-state index contributed by atoms with van der Waals surface area (Å²) < 4.78 is 0. The maximum absolute atomic E-state index is 11.8. The molecular weight excluding hydrogens is 214 g/mol. The SMILES string of the molecule is O=C1C=CC(=O)N1C1CCCC2CCCCC21. The minimum atomic E-state index is -0.0915. The predicted molar refractivity (Wildman–Crippen MR) is 64.1 cm³/mol. The van der Waals surface area contributed by atoms with E-state index < -0.39 is 0 Å². The van der Waals surface area contributed by atoms with Gasteiger partial charge in [0.15, 0.2) is 0 Å². The highest BCUT2D eigenvalue weighted by atomic mass is 16.2. The van der Waals surface area contributed by atoms with Gasteiger partial charge in [-0.2, -0.15) is 0 Å². The van der Waals surface area contributed by atoms with E-state index in [1.165, 1.54) is 55.6 Å². The average Bonchev–Trinajstić information content (AvgIpc) is 2.69. The fraction of sp³-hybridized carbons (Fsp3) is 0.714. The quantitative estimate of drug-likeness (QED) is 0.651. The molecule has 2 amide bonds. The summed E-state index contributed by atoms with van der Waals surface area (Å²) in [6.07, 6.45) is 11.4. The molecular formula is C14H19NO2. The highest BCUT2D eigenvalue weighted by molar-refractivity contribution is 6.13. The van der Waals surface area contributed by atoms with Crippen LogP contribution in [-0.4, -0.2) is 22.8 Å². The molecule has 1 aliphatic heterocycles. The lowest BCUT2D eigenvalue weighted by Gasteiger charge is -2.44. The monoisotopic (exact) mass is 233 g/mol. The van der Waals surface area contributed by atoms with Gasteiger partial charge in [0, 0.05) is 18.2 Å². The Balaban J connectivity index is 1.81. The van der Waals surface area contributed by atoms with Crippen molar-refractivity contribution in [1.29, 1.82) is 0 Å². The highest BCUT2D eigenvalue weighted by Crippen LogP contribution is 2.43. The van der Waals surface area contributed by atoms with Gasteiger partial charge in [-0.05, 0) is 24.7 Å². The van der Waals surface area contributed by atoms with Crippen LogP contribution in [0.25, 0.3) is 0 Å². The number of fused-ring (bicyclic) bond motifs is 1. The molecule has 2 fully saturated rings. The summed E-state index contributed by atoms with van der Waals surface area (Å²) in [5.41, 5.74) is 0. The Hall–Kier alpha value is -1.12. The molecule has 2 saturated carbocycles. The third kappa shape index (κ3) is 1.81. The molecule has 92 valence electrons. The van der Waals surface area contributed by atoms with E-state index in [9.17, 15) is 9.59 Å². The van der Waals surface area contributed by atoms with Crippen LogP contribution in [-0.2, 0) is 9.59 Å². The largest absolute Gasteiger partial charge is 0.272 e. The minimum absolute atomic E-state index is 0.0915. The number of hydrogen-bond donors (Lipinski definition) is 0. The number of nitrogens with zero attached hydrogens (tertiary/aromatic N) is 1. The van der Waals surface area contributed by atoms with Gasteiger partial charge in [0.05, 0.1) is 0 Å². The average molecular weight is 233 g/mol. The normalized spacial score (nSPS) is 37.4. The molecule has 17 heavy (non-hydrogen) atoms. The van der Waals surface area contributed by atoms with Crippen LogP contribution < -0.4 is 0 Å². The molecule has 0 aromatic carbocycles. The third-order valence-corrected chi connectivity index (χ3v) is 4.71. The molecule has 0 aromatic heterocycles. The van der Waals surface area contributed by atoms with Gasteiger partial charge in [0.1, 0.15) is 0 Å². The van der Waals surface area contributed by atoms with Crippen LogP contribution in [0.15, 0.2) is 12.2 Å². The van der Waals surface area contributed by atoms with Gasteiger partial charge in [0.25, 0.3) is 11.8 Å².